The Balaban J connectivity index is 1.85. The normalized spacial score (nSPS) is 19.5. The minimum absolute atomic E-state index is 0.129. The van der Waals surface area contributed by atoms with Gasteiger partial charge in [-0.3, -0.25) is 9.69 Å². The zero-order chi connectivity index (χ0) is 17.0. The Morgan fingerprint density at radius 1 is 0.875 bits per heavy atom. The Labute approximate surface area is 146 Å². The molecule has 1 saturated heterocycles. The number of hydrogen-bond donors (Lipinski definition) is 3. The highest BCUT2D eigenvalue weighted by molar-refractivity contribution is 5.93. The third-order valence-electron chi connectivity index (χ3n) is 4.39. The van der Waals surface area contributed by atoms with Gasteiger partial charge in [0.2, 0.25) is 0 Å². The van der Waals surface area contributed by atoms with Gasteiger partial charge in [0.1, 0.15) is 0 Å². The molecule has 1 fully saturated rings. The number of nitrogens with zero attached hydrogens (tertiary/aromatic N) is 1. The predicted molar refractivity (Wildman–Crippen MR) is 99.6 cm³/mol. The van der Waals surface area contributed by atoms with Gasteiger partial charge in [-0.05, 0) is 51.5 Å². The van der Waals surface area contributed by atoms with Crippen molar-refractivity contribution in [2.45, 2.75) is 26.3 Å². The molecule has 0 amide bonds. The summed E-state index contributed by atoms with van der Waals surface area (Å²) in [4.78, 5) is 13.9. The fourth-order valence-corrected chi connectivity index (χ4v) is 2.93. The number of hydrogen-bond acceptors (Lipinski definition) is 5. The minimum atomic E-state index is 0.129. The van der Waals surface area contributed by atoms with Crippen LogP contribution in [0.15, 0.2) is 24.3 Å². The van der Waals surface area contributed by atoms with Crippen molar-refractivity contribution in [1.82, 2.24) is 20.9 Å². The average Bonchev–Trinajstić information content (AvgIpc) is 2.58. The summed E-state index contributed by atoms with van der Waals surface area (Å²) in [5, 5.41) is 10.5. The van der Waals surface area contributed by atoms with E-state index in [4.69, 9.17) is 0 Å². The van der Waals surface area contributed by atoms with Crippen molar-refractivity contribution >= 4 is 5.78 Å². The van der Waals surface area contributed by atoms with Crippen LogP contribution in [0.1, 0.15) is 35.7 Å². The average molecular weight is 332 g/mol. The Hall–Kier alpha value is -1.27. The molecule has 0 radical (unpaired) electrons. The molecule has 3 N–H and O–H groups in total. The first-order chi connectivity index (χ1) is 11.8. The Morgan fingerprint density at radius 2 is 1.50 bits per heavy atom. The monoisotopic (exact) mass is 332 g/mol. The zero-order valence-corrected chi connectivity index (χ0v) is 14.9. The highest BCUT2D eigenvalue weighted by atomic mass is 16.1. The molecule has 1 heterocycles. The largest absolute Gasteiger partial charge is 0.315 e. The molecule has 1 aliphatic heterocycles. The fourth-order valence-electron chi connectivity index (χ4n) is 2.93. The van der Waals surface area contributed by atoms with E-state index in [9.17, 15) is 4.79 Å². The maximum absolute atomic E-state index is 11.4. The molecule has 0 unspecified atom stereocenters. The number of carbonyl (C=O) groups is 1. The lowest BCUT2D eigenvalue weighted by atomic mass is 10.1. The second kappa shape index (κ2) is 11.3. The van der Waals surface area contributed by atoms with E-state index in [1.165, 1.54) is 12.0 Å². The lowest BCUT2D eigenvalue weighted by Crippen LogP contribution is -2.36. The van der Waals surface area contributed by atoms with Crippen LogP contribution in [0.3, 0.4) is 0 Å². The molecule has 24 heavy (non-hydrogen) atoms. The van der Waals surface area contributed by atoms with Crippen LogP contribution in [0.5, 0.6) is 0 Å². The molecule has 0 aromatic heterocycles. The van der Waals surface area contributed by atoms with Crippen molar-refractivity contribution in [3.63, 3.8) is 0 Å². The first-order valence-corrected chi connectivity index (χ1v) is 9.20. The molecule has 1 aromatic carbocycles. The molecule has 2 rings (SSSR count). The van der Waals surface area contributed by atoms with Crippen molar-refractivity contribution in [3.05, 3.63) is 35.4 Å². The van der Waals surface area contributed by atoms with Crippen LogP contribution in [-0.4, -0.2) is 63.0 Å². The highest BCUT2D eigenvalue weighted by Crippen LogP contribution is 2.08. The molecule has 0 bridgehead atoms. The maximum Gasteiger partial charge on any atom is 0.159 e. The number of nitrogens with one attached hydrogen (secondary N) is 3. The summed E-state index contributed by atoms with van der Waals surface area (Å²) in [5.41, 5.74) is 2.07. The molecule has 5 nitrogen and oxygen atoms in total. The van der Waals surface area contributed by atoms with Gasteiger partial charge in [-0.2, -0.15) is 0 Å². The smallest absolute Gasteiger partial charge is 0.159 e. The van der Waals surface area contributed by atoms with E-state index in [1.807, 2.05) is 12.1 Å². The third kappa shape index (κ3) is 7.53. The van der Waals surface area contributed by atoms with Crippen LogP contribution >= 0.6 is 0 Å². The van der Waals surface area contributed by atoms with E-state index in [1.54, 1.807) is 6.92 Å². The Morgan fingerprint density at radius 3 is 2.17 bits per heavy atom. The summed E-state index contributed by atoms with van der Waals surface area (Å²) in [6.07, 6.45) is 2.33. The third-order valence-corrected chi connectivity index (χ3v) is 4.39. The number of rotatable bonds is 3. The van der Waals surface area contributed by atoms with Crippen molar-refractivity contribution in [2.24, 2.45) is 0 Å². The van der Waals surface area contributed by atoms with Crippen LogP contribution in [0, 0.1) is 0 Å². The van der Waals surface area contributed by atoms with Gasteiger partial charge in [0, 0.05) is 38.3 Å². The first kappa shape index (κ1) is 19.1. The SMILES string of the molecule is CC(=O)c1ccc(CN2CCCNCCNCCCNCC2)cc1. The number of ketones is 1. The van der Waals surface area contributed by atoms with Gasteiger partial charge in [0.05, 0.1) is 0 Å². The van der Waals surface area contributed by atoms with Crippen molar-refractivity contribution in [3.8, 4) is 0 Å². The molecule has 1 aromatic rings. The molecule has 0 spiro atoms. The molecule has 0 saturated carbocycles. The number of carbonyl (C=O) groups excluding carboxylic acids is 1. The lowest BCUT2D eigenvalue weighted by molar-refractivity contribution is 0.101. The second-order valence-electron chi connectivity index (χ2n) is 6.49. The van der Waals surface area contributed by atoms with Crippen LogP contribution in [0.2, 0.25) is 0 Å². The fraction of sp³-hybridized carbons (Fsp3) is 0.632. The van der Waals surface area contributed by atoms with E-state index >= 15 is 0 Å². The van der Waals surface area contributed by atoms with Gasteiger partial charge < -0.3 is 16.0 Å². The topological polar surface area (TPSA) is 56.4 Å². The standard InChI is InChI=1S/C19H32N4O/c1-17(24)19-6-4-18(5-7-19)16-23-14-3-10-21-12-11-20-8-2-9-22-13-15-23/h4-7,20-22H,2-3,8-16H2,1H3. The van der Waals surface area contributed by atoms with E-state index in [-0.39, 0.29) is 5.78 Å². The van der Waals surface area contributed by atoms with Gasteiger partial charge in [0.25, 0.3) is 0 Å². The summed E-state index contributed by atoms with van der Waals surface area (Å²) < 4.78 is 0. The summed E-state index contributed by atoms with van der Waals surface area (Å²) in [7, 11) is 0. The van der Waals surface area contributed by atoms with Crippen LogP contribution in [-0.2, 0) is 6.54 Å². The Bertz CT molecular complexity index is 461. The van der Waals surface area contributed by atoms with Gasteiger partial charge in [0.15, 0.2) is 5.78 Å². The van der Waals surface area contributed by atoms with E-state index < -0.39 is 0 Å². The van der Waals surface area contributed by atoms with Gasteiger partial charge >= 0.3 is 0 Å². The van der Waals surface area contributed by atoms with E-state index in [0.29, 0.717) is 0 Å². The van der Waals surface area contributed by atoms with Gasteiger partial charge in [-0.25, -0.2) is 0 Å². The molecular weight excluding hydrogens is 300 g/mol. The van der Waals surface area contributed by atoms with Crippen molar-refractivity contribution < 1.29 is 4.79 Å². The van der Waals surface area contributed by atoms with Gasteiger partial charge in [-0.1, -0.05) is 24.3 Å². The molecule has 0 aliphatic carbocycles. The van der Waals surface area contributed by atoms with E-state index in [2.05, 4.69) is 33.0 Å². The Kier molecular flexibility index (Phi) is 8.98. The molecule has 1 aliphatic rings. The number of Topliss-reactive ketones (excluding diaryl/α,β-unsaturated/α-hetero) is 1. The summed E-state index contributed by atoms with van der Waals surface area (Å²) in [6.45, 7) is 11.0. The lowest BCUT2D eigenvalue weighted by Gasteiger charge is -2.23. The molecular formula is C19H32N4O. The first-order valence-electron chi connectivity index (χ1n) is 9.20. The predicted octanol–water partition coefficient (Wildman–Crippen LogP) is 1.25. The van der Waals surface area contributed by atoms with Crippen molar-refractivity contribution in [2.75, 3.05) is 52.4 Å². The number of benzene rings is 1. The van der Waals surface area contributed by atoms with Crippen molar-refractivity contribution in [1.29, 1.82) is 0 Å². The second-order valence-corrected chi connectivity index (χ2v) is 6.49. The zero-order valence-electron chi connectivity index (χ0n) is 14.9. The summed E-state index contributed by atoms with van der Waals surface area (Å²) >= 11 is 0. The van der Waals surface area contributed by atoms with Crippen LogP contribution < -0.4 is 16.0 Å². The van der Waals surface area contributed by atoms with Crippen LogP contribution in [0.4, 0.5) is 0 Å². The summed E-state index contributed by atoms with van der Waals surface area (Å²) in [5.74, 6) is 0.129. The van der Waals surface area contributed by atoms with Gasteiger partial charge in [-0.15, -0.1) is 0 Å². The molecule has 134 valence electrons. The summed E-state index contributed by atoms with van der Waals surface area (Å²) in [6, 6.07) is 8.04. The quantitative estimate of drug-likeness (QED) is 0.728. The minimum Gasteiger partial charge on any atom is -0.315 e. The van der Waals surface area contributed by atoms with Crippen LogP contribution in [0.25, 0.3) is 0 Å². The maximum atomic E-state index is 11.4. The molecule has 5 heteroatoms. The van der Waals surface area contributed by atoms with E-state index in [0.717, 1.165) is 70.9 Å². The highest BCUT2D eigenvalue weighted by Gasteiger charge is 2.07. The molecule has 0 atom stereocenters.